The van der Waals surface area contributed by atoms with E-state index in [1.807, 2.05) is 25.7 Å². The summed E-state index contributed by atoms with van der Waals surface area (Å²) in [6.07, 6.45) is 1.85. The van der Waals surface area contributed by atoms with E-state index in [9.17, 15) is 9.18 Å². The van der Waals surface area contributed by atoms with E-state index in [0.717, 1.165) is 43.7 Å². The number of amides is 2. The van der Waals surface area contributed by atoms with Gasteiger partial charge in [-0.2, -0.15) is 0 Å². The van der Waals surface area contributed by atoms with Crippen LogP contribution >= 0.6 is 0 Å². The van der Waals surface area contributed by atoms with E-state index in [4.69, 9.17) is 0 Å². The van der Waals surface area contributed by atoms with Gasteiger partial charge in [-0.3, -0.25) is 9.80 Å². The lowest BCUT2D eigenvalue weighted by atomic mass is 9.74. The van der Waals surface area contributed by atoms with E-state index in [2.05, 4.69) is 42.3 Å². The fourth-order valence-electron chi connectivity index (χ4n) is 5.20. The Hall–Kier alpha value is -2.40. The number of aryl methyl sites for hydroxylation is 2. The van der Waals surface area contributed by atoms with Crippen molar-refractivity contribution in [2.45, 2.75) is 65.0 Å². The molecule has 1 saturated heterocycles. The maximum atomic E-state index is 14.2. The summed E-state index contributed by atoms with van der Waals surface area (Å²) < 4.78 is 14.2. The highest BCUT2D eigenvalue weighted by molar-refractivity contribution is 5.95. The maximum absolute atomic E-state index is 14.2. The van der Waals surface area contributed by atoms with Gasteiger partial charge in [0.2, 0.25) is 0 Å². The average molecular weight is 424 g/mol. The second-order valence-corrected chi connectivity index (χ2v) is 10.5. The van der Waals surface area contributed by atoms with E-state index >= 15 is 0 Å². The Balaban J connectivity index is 1.53. The molecule has 2 aromatic rings. The van der Waals surface area contributed by atoms with Gasteiger partial charge in [0.15, 0.2) is 0 Å². The molecule has 2 aromatic carbocycles. The number of anilines is 1. The summed E-state index contributed by atoms with van der Waals surface area (Å²) in [7, 11) is 0. The van der Waals surface area contributed by atoms with Crippen LogP contribution in [0.2, 0.25) is 0 Å². The van der Waals surface area contributed by atoms with Crippen LogP contribution in [0.3, 0.4) is 0 Å². The number of fused-ring (bicyclic) bond motifs is 2. The number of urea groups is 1. The molecule has 0 saturated carbocycles. The van der Waals surface area contributed by atoms with Crippen molar-refractivity contribution in [1.29, 1.82) is 0 Å². The molecular weight excluding hydrogens is 389 g/mol. The summed E-state index contributed by atoms with van der Waals surface area (Å²) in [5, 5.41) is 3.07. The van der Waals surface area contributed by atoms with E-state index in [0.29, 0.717) is 6.54 Å². The molecule has 4 rings (SSSR count). The van der Waals surface area contributed by atoms with Crippen LogP contribution in [0.25, 0.3) is 0 Å². The first-order chi connectivity index (χ1) is 14.5. The highest BCUT2D eigenvalue weighted by atomic mass is 19.1. The molecule has 166 valence electrons. The number of hydrogen-bond acceptors (Lipinski definition) is 2. The van der Waals surface area contributed by atoms with Crippen molar-refractivity contribution in [3.63, 3.8) is 0 Å². The third kappa shape index (κ3) is 4.62. The molecular formula is C26H34FN3O. The predicted octanol–water partition coefficient (Wildman–Crippen LogP) is 5.30. The third-order valence-electron chi connectivity index (χ3n) is 6.51. The van der Waals surface area contributed by atoms with Gasteiger partial charge in [0.25, 0.3) is 0 Å². The number of carbonyl (C=O) groups is 1. The summed E-state index contributed by atoms with van der Waals surface area (Å²) in [6.45, 7) is 13.7. The average Bonchev–Trinajstić information content (AvgIpc) is 2.95. The topological polar surface area (TPSA) is 35.6 Å². The molecule has 1 N–H and O–H groups in total. The lowest BCUT2D eigenvalue weighted by Gasteiger charge is -2.40. The first-order valence-electron chi connectivity index (χ1n) is 11.2. The van der Waals surface area contributed by atoms with Crippen LogP contribution in [-0.4, -0.2) is 36.1 Å². The maximum Gasteiger partial charge on any atom is 0.322 e. The summed E-state index contributed by atoms with van der Waals surface area (Å²) in [5.41, 5.74) is 5.29. The number of nitrogens with zero attached hydrogens (tertiary/aromatic N) is 2. The summed E-state index contributed by atoms with van der Waals surface area (Å²) in [5.74, 6) is -0.228. The Morgan fingerprint density at radius 2 is 1.71 bits per heavy atom. The first-order valence-corrected chi connectivity index (χ1v) is 11.2. The van der Waals surface area contributed by atoms with Crippen molar-refractivity contribution in [3.8, 4) is 0 Å². The van der Waals surface area contributed by atoms with E-state index in [1.54, 1.807) is 12.1 Å². The van der Waals surface area contributed by atoms with Gasteiger partial charge in [-0.1, -0.05) is 29.3 Å². The SMILES string of the molecule is Cc1cc(C)cc(CN2CCC3(CC2)CN(C(=O)NC(C)(C)C)c2ccc(F)cc23)c1. The molecule has 2 heterocycles. The molecule has 0 aromatic heterocycles. The normalized spacial score (nSPS) is 18.3. The number of carbonyl (C=O) groups excluding carboxylic acids is 1. The van der Waals surface area contributed by atoms with E-state index < -0.39 is 0 Å². The molecule has 0 atom stereocenters. The van der Waals surface area contributed by atoms with Gasteiger partial charge in [0.05, 0.1) is 0 Å². The van der Waals surface area contributed by atoms with Crippen LogP contribution in [0.15, 0.2) is 36.4 Å². The molecule has 2 aliphatic heterocycles. The standard InChI is InChI=1S/C26H34FN3O/c1-18-12-19(2)14-20(13-18)16-29-10-8-26(9-11-29)17-30(24(31)28-25(3,4)5)23-7-6-21(27)15-22(23)26/h6-7,12-15H,8-11,16-17H2,1-5H3,(H,28,31). The summed E-state index contributed by atoms with van der Waals surface area (Å²) >= 11 is 0. The Morgan fingerprint density at radius 3 is 2.32 bits per heavy atom. The minimum atomic E-state index is -0.317. The number of piperidine rings is 1. The van der Waals surface area contributed by atoms with Crippen molar-refractivity contribution in [1.82, 2.24) is 10.2 Å². The van der Waals surface area contributed by atoms with Crippen LogP contribution in [0.5, 0.6) is 0 Å². The highest BCUT2D eigenvalue weighted by Gasteiger charge is 2.46. The second kappa shape index (κ2) is 7.94. The third-order valence-corrected chi connectivity index (χ3v) is 6.51. The number of benzene rings is 2. The Morgan fingerprint density at radius 1 is 1.06 bits per heavy atom. The van der Waals surface area contributed by atoms with Crippen molar-refractivity contribution in [3.05, 3.63) is 64.5 Å². The number of halogens is 1. The first kappa shape index (κ1) is 21.8. The number of likely N-dealkylation sites (tertiary alicyclic amines) is 1. The molecule has 5 heteroatoms. The minimum Gasteiger partial charge on any atom is -0.333 e. The fraction of sp³-hybridized carbons (Fsp3) is 0.500. The van der Waals surface area contributed by atoms with Crippen LogP contribution in [-0.2, 0) is 12.0 Å². The van der Waals surface area contributed by atoms with E-state index in [-0.39, 0.29) is 22.8 Å². The van der Waals surface area contributed by atoms with Gasteiger partial charge in [-0.05, 0) is 89.9 Å². The van der Waals surface area contributed by atoms with Gasteiger partial charge in [-0.25, -0.2) is 9.18 Å². The van der Waals surface area contributed by atoms with Crippen LogP contribution in [0.1, 0.15) is 55.9 Å². The van der Waals surface area contributed by atoms with Gasteiger partial charge in [0, 0.05) is 29.7 Å². The molecule has 2 aliphatic rings. The Labute approximate surface area is 185 Å². The zero-order valence-corrected chi connectivity index (χ0v) is 19.4. The quantitative estimate of drug-likeness (QED) is 0.711. The lowest BCUT2D eigenvalue weighted by molar-refractivity contribution is 0.159. The van der Waals surface area contributed by atoms with Gasteiger partial charge >= 0.3 is 6.03 Å². The molecule has 31 heavy (non-hydrogen) atoms. The van der Waals surface area contributed by atoms with Crippen LogP contribution in [0.4, 0.5) is 14.9 Å². The fourth-order valence-corrected chi connectivity index (χ4v) is 5.20. The molecule has 4 nitrogen and oxygen atoms in total. The minimum absolute atomic E-state index is 0.102. The Bertz CT molecular complexity index is 966. The van der Waals surface area contributed by atoms with E-state index in [1.165, 1.54) is 22.8 Å². The highest BCUT2D eigenvalue weighted by Crippen LogP contribution is 2.47. The van der Waals surface area contributed by atoms with Gasteiger partial charge in [-0.15, -0.1) is 0 Å². The zero-order chi connectivity index (χ0) is 22.4. The number of hydrogen-bond donors (Lipinski definition) is 1. The summed E-state index contributed by atoms with van der Waals surface area (Å²) in [4.78, 5) is 17.3. The molecule has 2 amide bonds. The van der Waals surface area contributed by atoms with Crippen molar-refractivity contribution in [2.24, 2.45) is 0 Å². The largest absolute Gasteiger partial charge is 0.333 e. The molecule has 0 unspecified atom stereocenters. The van der Waals surface area contributed by atoms with Crippen molar-refractivity contribution < 1.29 is 9.18 Å². The van der Waals surface area contributed by atoms with Crippen LogP contribution < -0.4 is 10.2 Å². The monoisotopic (exact) mass is 423 g/mol. The molecule has 0 radical (unpaired) electrons. The van der Waals surface area contributed by atoms with Crippen LogP contribution in [0, 0.1) is 19.7 Å². The molecule has 0 bridgehead atoms. The Kier molecular flexibility index (Phi) is 5.59. The van der Waals surface area contributed by atoms with Crippen molar-refractivity contribution >= 4 is 11.7 Å². The second-order valence-electron chi connectivity index (χ2n) is 10.5. The smallest absolute Gasteiger partial charge is 0.322 e. The number of rotatable bonds is 2. The van der Waals surface area contributed by atoms with Gasteiger partial charge in [0.1, 0.15) is 5.82 Å². The lowest BCUT2D eigenvalue weighted by Crippen LogP contribution is -2.51. The van der Waals surface area contributed by atoms with Crippen molar-refractivity contribution in [2.75, 3.05) is 24.5 Å². The van der Waals surface area contributed by atoms with Gasteiger partial charge < -0.3 is 5.32 Å². The molecule has 1 spiro atoms. The zero-order valence-electron chi connectivity index (χ0n) is 19.4. The predicted molar refractivity (Wildman–Crippen MR) is 124 cm³/mol. The molecule has 1 fully saturated rings. The summed E-state index contributed by atoms with van der Waals surface area (Å²) in [6, 6.07) is 11.5. The molecule has 0 aliphatic carbocycles. The number of nitrogens with one attached hydrogen (secondary N) is 1.